The third-order valence-corrected chi connectivity index (χ3v) is 8.43. The summed E-state index contributed by atoms with van der Waals surface area (Å²) in [5.74, 6) is 1.77. The van der Waals surface area contributed by atoms with Crippen LogP contribution in [0.5, 0.6) is 11.5 Å². The Hall–Kier alpha value is -5.22. The summed E-state index contributed by atoms with van der Waals surface area (Å²) in [5.41, 5.74) is 10.8. The highest BCUT2D eigenvalue weighted by Crippen LogP contribution is 2.50. The molecule has 0 spiro atoms. The van der Waals surface area contributed by atoms with Crippen molar-refractivity contribution >= 4 is 62.0 Å². The summed E-state index contributed by atoms with van der Waals surface area (Å²) in [6.07, 6.45) is 0. The maximum atomic E-state index is 6.46. The molecule has 7 aromatic rings. The van der Waals surface area contributed by atoms with Crippen LogP contribution in [0.2, 0.25) is 0 Å². The number of para-hydroxylation sites is 5. The predicted octanol–water partition coefficient (Wildman–Crippen LogP) is 7.19. The molecule has 0 saturated carbocycles. The van der Waals surface area contributed by atoms with E-state index in [2.05, 4.69) is 143 Å². The van der Waals surface area contributed by atoms with Gasteiger partial charge in [0.25, 0.3) is 0 Å². The van der Waals surface area contributed by atoms with Crippen LogP contribution in [0, 0.1) is 0 Å². The van der Waals surface area contributed by atoms with Crippen LogP contribution in [0.3, 0.4) is 0 Å². The van der Waals surface area contributed by atoms with E-state index in [1.54, 1.807) is 0 Å². The van der Waals surface area contributed by atoms with E-state index in [4.69, 9.17) is 4.74 Å². The summed E-state index contributed by atoms with van der Waals surface area (Å²) < 4.78 is 8.87. The molecule has 9 rings (SSSR count). The summed E-state index contributed by atoms with van der Waals surface area (Å²) in [7, 11) is 0. The van der Waals surface area contributed by atoms with E-state index in [0.29, 0.717) is 0 Å². The average Bonchev–Trinajstić information content (AvgIpc) is 3.35. The zero-order chi connectivity index (χ0) is 26.2. The molecule has 0 atom stereocenters. The number of benzene rings is 6. The van der Waals surface area contributed by atoms with Gasteiger partial charge in [-0.3, -0.25) is 0 Å². The zero-order valence-corrected chi connectivity index (χ0v) is 21.7. The second-order valence-corrected chi connectivity index (χ2v) is 10.6. The molecule has 3 heterocycles. The van der Waals surface area contributed by atoms with Gasteiger partial charge < -0.3 is 14.2 Å². The van der Waals surface area contributed by atoms with Crippen LogP contribution in [-0.4, -0.2) is 11.3 Å². The lowest BCUT2D eigenvalue weighted by Crippen LogP contribution is -2.57. The summed E-state index contributed by atoms with van der Waals surface area (Å²) in [6.45, 7) is 0.0734. The Morgan fingerprint density at radius 3 is 1.98 bits per heavy atom. The number of rotatable bonds is 2. The Labute approximate surface area is 232 Å². The first-order valence-corrected chi connectivity index (χ1v) is 13.7. The standard InChI is InChI=1S/C36H23BN2O/c1-2-11-24(12-3-1)37-28-15-10-20-35-36(28)39(33-18-8-9-19-34(33)40-35)32-22-21-25(23-29(32)37)38-30-16-6-4-13-26(30)27-14-5-7-17-31(27)38/h1-23H. The van der Waals surface area contributed by atoms with Crippen LogP contribution >= 0.6 is 0 Å². The van der Waals surface area contributed by atoms with Crippen molar-refractivity contribution in [2.75, 3.05) is 4.90 Å². The molecular formula is C36H23BN2O. The van der Waals surface area contributed by atoms with Gasteiger partial charge in [-0.15, -0.1) is 0 Å². The molecule has 1 aromatic heterocycles. The van der Waals surface area contributed by atoms with Crippen molar-refractivity contribution in [3.05, 3.63) is 140 Å². The normalized spacial score (nSPS) is 13.1. The van der Waals surface area contributed by atoms with Gasteiger partial charge in [-0.05, 0) is 59.5 Å². The number of hydrogen-bond acceptors (Lipinski definition) is 2. The van der Waals surface area contributed by atoms with Gasteiger partial charge in [-0.25, -0.2) is 0 Å². The molecule has 2 aliphatic heterocycles. The SMILES string of the molecule is c1ccc(B2c3cc(-n4c5ccccc5c5ccccc54)ccc3N3c4ccccc4Oc4cccc2c43)cc1. The number of hydrogen-bond donors (Lipinski definition) is 0. The fraction of sp³-hybridized carbons (Fsp3) is 0. The molecule has 0 N–H and O–H groups in total. The van der Waals surface area contributed by atoms with E-state index in [-0.39, 0.29) is 6.71 Å². The molecule has 3 nitrogen and oxygen atoms in total. The van der Waals surface area contributed by atoms with E-state index in [0.717, 1.165) is 22.9 Å². The van der Waals surface area contributed by atoms with Crippen LogP contribution in [0.1, 0.15) is 0 Å². The smallest absolute Gasteiger partial charge is 0.246 e. The minimum absolute atomic E-state index is 0.0734. The largest absolute Gasteiger partial charge is 0.453 e. The van der Waals surface area contributed by atoms with E-state index >= 15 is 0 Å². The summed E-state index contributed by atoms with van der Waals surface area (Å²) in [5, 5.41) is 2.54. The quantitative estimate of drug-likeness (QED) is 0.229. The minimum Gasteiger partial charge on any atom is -0.453 e. The second kappa shape index (κ2) is 8.14. The highest BCUT2D eigenvalue weighted by Gasteiger charge is 2.40. The molecule has 0 saturated heterocycles. The van der Waals surface area contributed by atoms with Crippen molar-refractivity contribution in [1.82, 2.24) is 4.57 Å². The van der Waals surface area contributed by atoms with Gasteiger partial charge >= 0.3 is 0 Å². The highest BCUT2D eigenvalue weighted by atomic mass is 16.5. The minimum atomic E-state index is 0.0734. The monoisotopic (exact) mass is 510 g/mol. The van der Waals surface area contributed by atoms with Crippen LogP contribution in [0.25, 0.3) is 27.5 Å². The lowest BCUT2D eigenvalue weighted by molar-refractivity contribution is 0.477. The number of anilines is 3. The third-order valence-electron chi connectivity index (χ3n) is 8.43. The maximum Gasteiger partial charge on any atom is 0.246 e. The number of aromatic nitrogens is 1. The molecule has 0 unspecified atom stereocenters. The summed E-state index contributed by atoms with van der Waals surface area (Å²) in [4.78, 5) is 2.40. The van der Waals surface area contributed by atoms with Crippen LogP contribution in [0.15, 0.2) is 140 Å². The van der Waals surface area contributed by atoms with Crippen LogP contribution in [0.4, 0.5) is 17.1 Å². The zero-order valence-electron chi connectivity index (χ0n) is 21.7. The molecule has 0 radical (unpaired) electrons. The van der Waals surface area contributed by atoms with Crippen LogP contribution in [-0.2, 0) is 0 Å². The molecule has 6 aromatic carbocycles. The van der Waals surface area contributed by atoms with Gasteiger partial charge in [0.05, 0.1) is 22.4 Å². The van der Waals surface area contributed by atoms with Crippen molar-refractivity contribution in [2.45, 2.75) is 0 Å². The molecule has 0 aliphatic carbocycles. The number of ether oxygens (including phenoxy) is 1. The van der Waals surface area contributed by atoms with Gasteiger partial charge in [0, 0.05) is 22.1 Å². The first-order valence-electron chi connectivity index (χ1n) is 13.7. The molecule has 186 valence electrons. The first kappa shape index (κ1) is 21.7. The van der Waals surface area contributed by atoms with E-state index < -0.39 is 0 Å². The van der Waals surface area contributed by atoms with Gasteiger partial charge in [-0.2, -0.15) is 0 Å². The van der Waals surface area contributed by atoms with E-state index in [1.807, 2.05) is 6.07 Å². The van der Waals surface area contributed by atoms with Crippen LogP contribution < -0.4 is 26.0 Å². The van der Waals surface area contributed by atoms with Crippen molar-refractivity contribution in [2.24, 2.45) is 0 Å². The third kappa shape index (κ3) is 2.90. The second-order valence-electron chi connectivity index (χ2n) is 10.6. The fourth-order valence-electron chi connectivity index (χ4n) is 6.80. The first-order chi connectivity index (χ1) is 19.9. The maximum absolute atomic E-state index is 6.46. The molecule has 4 heteroatoms. The lowest BCUT2D eigenvalue weighted by atomic mass is 9.35. The van der Waals surface area contributed by atoms with Gasteiger partial charge in [-0.1, -0.05) is 96.5 Å². The van der Waals surface area contributed by atoms with Crippen molar-refractivity contribution in [3.63, 3.8) is 0 Å². The van der Waals surface area contributed by atoms with Gasteiger partial charge in [0.15, 0.2) is 11.5 Å². The Morgan fingerprint density at radius 2 is 1.18 bits per heavy atom. The Kier molecular flexibility index (Phi) is 4.41. The average molecular weight is 510 g/mol. The lowest BCUT2D eigenvalue weighted by Gasteiger charge is -2.41. The molecule has 2 aliphatic rings. The topological polar surface area (TPSA) is 17.4 Å². The Morgan fingerprint density at radius 1 is 0.500 bits per heavy atom. The van der Waals surface area contributed by atoms with E-state index in [1.165, 1.54) is 49.6 Å². The molecular weight excluding hydrogens is 487 g/mol. The predicted molar refractivity (Wildman–Crippen MR) is 167 cm³/mol. The molecule has 0 bridgehead atoms. The molecule has 40 heavy (non-hydrogen) atoms. The fourth-order valence-corrected chi connectivity index (χ4v) is 6.80. The van der Waals surface area contributed by atoms with Gasteiger partial charge in [0.1, 0.15) is 0 Å². The number of fused-ring (bicyclic) bond motifs is 7. The number of nitrogens with zero attached hydrogens (tertiary/aromatic N) is 2. The van der Waals surface area contributed by atoms with E-state index in [9.17, 15) is 0 Å². The molecule has 0 fully saturated rings. The Bertz CT molecular complexity index is 2060. The van der Waals surface area contributed by atoms with Crippen molar-refractivity contribution in [1.29, 1.82) is 0 Å². The Balaban J connectivity index is 1.37. The van der Waals surface area contributed by atoms with Gasteiger partial charge in [0.2, 0.25) is 6.71 Å². The molecule has 0 amide bonds. The highest BCUT2D eigenvalue weighted by molar-refractivity contribution is 6.98. The summed E-state index contributed by atoms with van der Waals surface area (Å²) >= 11 is 0. The van der Waals surface area contributed by atoms with Crippen molar-refractivity contribution < 1.29 is 4.74 Å². The van der Waals surface area contributed by atoms with Crippen molar-refractivity contribution in [3.8, 4) is 17.2 Å². The summed E-state index contributed by atoms with van der Waals surface area (Å²) in [6, 6.07) is 50.0.